The summed E-state index contributed by atoms with van der Waals surface area (Å²) in [5.74, 6) is 2.45. The number of nitrogens with zero attached hydrogens (tertiary/aromatic N) is 1. The number of carbonyl (C=O) groups excluding carboxylic acids is 1. The maximum atomic E-state index is 13.0. The summed E-state index contributed by atoms with van der Waals surface area (Å²) in [4.78, 5) is 13.8. The maximum absolute atomic E-state index is 13.0. The first-order valence-electron chi connectivity index (χ1n) is 8.23. The van der Waals surface area contributed by atoms with Crippen molar-refractivity contribution in [2.75, 3.05) is 24.7 Å². The van der Waals surface area contributed by atoms with Crippen LogP contribution in [-0.2, 0) is 22.5 Å². The fraction of sp³-hybridized carbons (Fsp3) is 0.286. The summed E-state index contributed by atoms with van der Waals surface area (Å²) in [6.07, 6.45) is 5.83. The van der Waals surface area contributed by atoms with Crippen LogP contribution in [0.2, 0.25) is 0 Å². The van der Waals surface area contributed by atoms with E-state index in [-0.39, 0.29) is 18.2 Å². The number of Topliss-reactive ketones (excluding diaryl/α,β-unsaturated/α-hetero) is 1. The molecule has 25 heavy (non-hydrogen) atoms. The van der Waals surface area contributed by atoms with Crippen LogP contribution in [0.4, 0.5) is 10.1 Å². The molecule has 0 radical (unpaired) electrons. The molecular formula is C21H22FNO2. The Bertz CT molecular complexity index is 717. The minimum absolute atomic E-state index is 0.0568. The maximum Gasteiger partial charge on any atom is 0.162 e. The molecule has 0 atom stereocenters. The molecule has 0 N–H and O–H groups in total. The zero-order valence-corrected chi connectivity index (χ0v) is 14.4. The highest BCUT2D eigenvalue weighted by atomic mass is 19.1. The average Bonchev–Trinajstić information content (AvgIpc) is 2.62. The van der Waals surface area contributed by atoms with Crippen LogP contribution in [-0.4, -0.2) is 25.5 Å². The van der Waals surface area contributed by atoms with Gasteiger partial charge >= 0.3 is 0 Å². The molecule has 0 aliphatic heterocycles. The lowest BCUT2D eigenvalue weighted by atomic mass is 10.1. The van der Waals surface area contributed by atoms with E-state index in [0.717, 1.165) is 16.8 Å². The number of ketones is 1. The summed E-state index contributed by atoms with van der Waals surface area (Å²) >= 11 is 0. The Morgan fingerprint density at radius 1 is 1.12 bits per heavy atom. The lowest BCUT2D eigenvalue weighted by molar-refractivity contribution is -0.122. The van der Waals surface area contributed by atoms with Gasteiger partial charge in [-0.15, -0.1) is 6.42 Å². The number of hydrogen-bond donors (Lipinski definition) is 0. The quantitative estimate of drug-likeness (QED) is 0.654. The molecule has 130 valence electrons. The highest BCUT2D eigenvalue weighted by Crippen LogP contribution is 2.18. The van der Waals surface area contributed by atoms with Gasteiger partial charge in [-0.05, 0) is 42.3 Å². The van der Waals surface area contributed by atoms with Gasteiger partial charge in [0.1, 0.15) is 12.4 Å². The summed E-state index contributed by atoms with van der Waals surface area (Å²) in [5.41, 5.74) is 2.88. The first-order valence-corrected chi connectivity index (χ1v) is 8.23. The third-order valence-electron chi connectivity index (χ3n) is 3.74. The summed E-state index contributed by atoms with van der Waals surface area (Å²) in [5, 5.41) is 0. The number of terminal acetylenes is 1. The van der Waals surface area contributed by atoms with Gasteiger partial charge in [0, 0.05) is 25.3 Å². The van der Waals surface area contributed by atoms with Gasteiger partial charge in [0.25, 0.3) is 0 Å². The number of halogens is 1. The number of ether oxygens (including phenoxy) is 1. The smallest absolute Gasteiger partial charge is 0.162 e. The molecule has 0 aromatic heterocycles. The molecule has 0 fully saturated rings. The molecule has 0 saturated carbocycles. The van der Waals surface area contributed by atoms with Gasteiger partial charge in [0.2, 0.25) is 0 Å². The third-order valence-corrected chi connectivity index (χ3v) is 3.74. The lowest BCUT2D eigenvalue weighted by Crippen LogP contribution is -2.23. The van der Waals surface area contributed by atoms with E-state index in [1.807, 2.05) is 36.1 Å². The van der Waals surface area contributed by atoms with E-state index in [2.05, 4.69) is 5.92 Å². The van der Waals surface area contributed by atoms with Gasteiger partial charge in [0.05, 0.1) is 6.54 Å². The normalized spacial score (nSPS) is 10.3. The number of hydrogen-bond acceptors (Lipinski definition) is 3. The van der Waals surface area contributed by atoms with Crippen LogP contribution in [0.15, 0.2) is 48.5 Å². The van der Waals surface area contributed by atoms with Gasteiger partial charge < -0.3 is 9.64 Å². The van der Waals surface area contributed by atoms with E-state index in [4.69, 9.17) is 11.2 Å². The van der Waals surface area contributed by atoms with Crippen molar-refractivity contribution in [3.63, 3.8) is 0 Å². The monoisotopic (exact) mass is 339 g/mol. The molecule has 0 saturated heterocycles. The van der Waals surface area contributed by atoms with E-state index in [1.54, 1.807) is 12.1 Å². The Hall–Kier alpha value is -2.64. The SMILES string of the molecule is C#CCN(Cc1ccc(F)cc1)c1ccc(CC(=O)COCC)cc1. The summed E-state index contributed by atoms with van der Waals surface area (Å²) in [6.45, 7) is 3.58. The number of rotatable bonds is 9. The first-order chi connectivity index (χ1) is 12.1. The molecule has 2 aromatic rings. The Morgan fingerprint density at radius 2 is 1.76 bits per heavy atom. The number of benzene rings is 2. The van der Waals surface area contributed by atoms with Gasteiger partial charge in [-0.2, -0.15) is 0 Å². The predicted molar refractivity (Wildman–Crippen MR) is 97.9 cm³/mol. The van der Waals surface area contributed by atoms with Crippen molar-refractivity contribution in [1.82, 2.24) is 0 Å². The molecule has 0 spiro atoms. The third kappa shape index (κ3) is 6.06. The van der Waals surface area contributed by atoms with Gasteiger partial charge in [0.15, 0.2) is 5.78 Å². The van der Waals surface area contributed by atoms with Gasteiger partial charge in [-0.3, -0.25) is 4.79 Å². The molecule has 0 aliphatic carbocycles. The Kier molecular flexibility index (Phi) is 7.18. The van der Waals surface area contributed by atoms with Crippen molar-refractivity contribution >= 4 is 11.5 Å². The van der Waals surface area contributed by atoms with Crippen LogP contribution in [0.3, 0.4) is 0 Å². The topological polar surface area (TPSA) is 29.5 Å². The largest absolute Gasteiger partial charge is 0.374 e. The Balaban J connectivity index is 2.04. The Morgan fingerprint density at radius 3 is 2.36 bits per heavy atom. The Labute approximate surface area is 148 Å². The number of anilines is 1. The lowest BCUT2D eigenvalue weighted by Gasteiger charge is -2.23. The second-order valence-electron chi connectivity index (χ2n) is 5.71. The molecular weight excluding hydrogens is 317 g/mol. The van der Waals surface area contributed by atoms with Crippen molar-refractivity contribution in [1.29, 1.82) is 0 Å². The van der Waals surface area contributed by atoms with Crippen molar-refractivity contribution < 1.29 is 13.9 Å². The molecule has 4 heteroatoms. The van der Waals surface area contributed by atoms with E-state index in [1.165, 1.54) is 12.1 Å². The highest BCUT2D eigenvalue weighted by molar-refractivity contribution is 5.82. The standard InChI is InChI=1S/C21H22FNO2/c1-3-13-23(15-18-5-9-19(22)10-6-18)20-11-7-17(8-12-20)14-21(24)16-25-4-2/h1,5-12H,4,13-16H2,2H3. The summed E-state index contributed by atoms with van der Waals surface area (Å²) in [7, 11) is 0. The molecule has 0 amide bonds. The van der Waals surface area contributed by atoms with Crippen LogP contribution in [0.25, 0.3) is 0 Å². The zero-order valence-electron chi connectivity index (χ0n) is 14.4. The van der Waals surface area contributed by atoms with E-state index in [9.17, 15) is 9.18 Å². The first kappa shape index (κ1) is 18.7. The molecule has 0 bridgehead atoms. The fourth-order valence-electron chi connectivity index (χ4n) is 2.48. The van der Waals surface area contributed by atoms with Crippen molar-refractivity contribution in [3.8, 4) is 12.3 Å². The molecule has 2 rings (SSSR count). The molecule has 2 aromatic carbocycles. The van der Waals surface area contributed by atoms with E-state index >= 15 is 0 Å². The average molecular weight is 339 g/mol. The van der Waals surface area contributed by atoms with Crippen molar-refractivity contribution in [3.05, 3.63) is 65.5 Å². The minimum atomic E-state index is -0.256. The molecule has 3 nitrogen and oxygen atoms in total. The summed E-state index contributed by atoms with van der Waals surface area (Å²) < 4.78 is 18.2. The van der Waals surface area contributed by atoms with Crippen LogP contribution in [0.1, 0.15) is 18.1 Å². The van der Waals surface area contributed by atoms with E-state index < -0.39 is 0 Å². The van der Waals surface area contributed by atoms with Crippen molar-refractivity contribution in [2.45, 2.75) is 19.9 Å². The second kappa shape index (κ2) is 9.61. The van der Waals surface area contributed by atoms with Crippen LogP contribution in [0.5, 0.6) is 0 Å². The second-order valence-corrected chi connectivity index (χ2v) is 5.71. The van der Waals surface area contributed by atoms with Gasteiger partial charge in [-0.25, -0.2) is 4.39 Å². The van der Waals surface area contributed by atoms with Gasteiger partial charge in [-0.1, -0.05) is 30.2 Å². The minimum Gasteiger partial charge on any atom is -0.374 e. The molecule has 0 aliphatic rings. The van der Waals surface area contributed by atoms with Crippen LogP contribution < -0.4 is 4.90 Å². The van der Waals surface area contributed by atoms with Crippen molar-refractivity contribution in [2.24, 2.45) is 0 Å². The number of carbonyl (C=O) groups is 1. The van der Waals surface area contributed by atoms with Crippen LogP contribution >= 0.6 is 0 Å². The van der Waals surface area contributed by atoms with Crippen LogP contribution in [0, 0.1) is 18.2 Å². The summed E-state index contributed by atoms with van der Waals surface area (Å²) in [6, 6.07) is 14.1. The fourth-order valence-corrected chi connectivity index (χ4v) is 2.48. The predicted octanol–water partition coefficient (Wildman–Crippen LogP) is 3.61. The molecule has 0 unspecified atom stereocenters. The van der Waals surface area contributed by atoms with E-state index in [0.29, 0.717) is 26.1 Å². The zero-order chi connectivity index (χ0) is 18.1. The highest BCUT2D eigenvalue weighted by Gasteiger charge is 2.08. The molecule has 0 heterocycles.